The standard InChI is InChI=1S/C20H26N4O6/c1-24-12-21-11-14(24)10-15(20(28)29)23-19(27)7-8-22-18(26)6-4-13-3-5-16(25)17(9-13)30-2/h3,5,9,11-12,15,25H,4,6-8,10H2,1-2H3,(H,22,26)(H,23,27)(H,28,29). The number of amides is 2. The van der Waals surface area contributed by atoms with Gasteiger partial charge in [0.2, 0.25) is 11.8 Å². The topological polar surface area (TPSA) is 143 Å². The number of methoxy groups -OCH3 is 1. The van der Waals surface area contributed by atoms with Gasteiger partial charge < -0.3 is 30.2 Å². The molecule has 2 aromatic rings. The molecule has 0 aliphatic carbocycles. The van der Waals surface area contributed by atoms with E-state index in [-0.39, 0.29) is 37.5 Å². The largest absolute Gasteiger partial charge is 0.504 e. The number of phenolic OH excluding ortho intramolecular Hbond substituents is 1. The molecular weight excluding hydrogens is 392 g/mol. The molecule has 0 spiro atoms. The predicted molar refractivity (Wildman–Crippen MR) is 107 cm³/mol. The number of phenols is 1. The average molecular weight is 418 g/mol. The molecule has 1 heterocycles. The molecule has 0 bridgehead atoms. The number of aryl methyl sites for hydroxylation is 2. The second-order valence-corrected chi connectivity index (χ2v) is 6.76. The SMILES string of the molecule is COc1cc(CCC(=O)NCCC(=O)NC(Cc2cncn2C)C(=O)O)ccc1O. The van der Waals surface area contributed by atoms with Gasteiger partial charge in [0.15, 0.2) is 11.5 Å². The number of benzene rings is 1. The van der Waals surface area contributed by atoms with Gasteiger partial charge in [0.05, 0.1) is 13.4 Å². The highest BCUT2D eigenvalue weighted by Crippen LogP contribution is 2.26. The van der Waals surface area contributed by atoms with Gasteiger partial charge >= 0.3 is 5.97 Å². The van der Waals surface area contributed by atoms with Gasteiger partial charge in [0.1, 0.15) is 6.04 Å². The highest BCUT2D eigenvalue weighted by atomic mass is 16.5. The van der Waals surface area contributed by atoms with Crippen molar-refractivity contribution in [3.8, 4) is 11.5 Å². The van der Waals surface area contributed by atoms with Crippen LogP contribution in [0.15, 0.2) is 30.7 Å². The Morgan fingerprint density at radius 2 is 2.00 bits per heavy atom. The molecule has 30 heavy (non-hydrogen) atoms. The van der Waals surface area contributed by atoms with E-state index in [1.807, 2.05) is 0 Å². The number of carbonyl (C=O) groups is 3. The predicted octanol–water partition coefficient (Wildman–Crippen LogP) is 0.385. The van der Waals surface area contributed by atoms with E-state index in [2.05, 4.69) is 15.6 Å². The maximum Gasteiger partial charge on any atom is 0.326 e. The van der Waals surface area contributed by atoms with Crippen molar-refractivity contribution in [2.24, 2.45) is 7.05 Å². The van der Waals surface area contributed by atoms with Crippen molar-refractivity contribution >= 4 is 17.8 Å². The monoisotopic (exact) mass is 418 g/mol. The number of nitrogens with one attached hydrogen (secondary N) is 2. The van der Waals surface area contributed by atoms with Crippen molar-refractivity contribution in [2.45, 2.75) is 31.7 Å². The van der Waals surface area contributed by atoms with Crippen molar-refractivity contribution in [3.05, 3.63) is 42.0 Å². The number of ether oxygens (including phenoxy) is 1. The van der Waals surface area contributed by atoms with E-state index < -0.39 is 17.9 Å². The molecule has 2 amide bonds. The minimum atomic E-state index is -1.14. The highest BCUT2D eigenvalue weighted by molar-refractivity contribution is 5.84. The zero-order valence-corrected chi connectivity index (χ0v) is 16.9. The molecule has 4 N–H and O–H groups in total. The summed E-state index contributed by atoms with van der Waals surface area (Å²) < 4.78 is 6.72. The lowest BCUT2D eigenvalue weighted by Gasteiger charge is -2.15. The first-order valence-electron chi connectivity index (χ1n) is 9.40. The summed E-state index contributed by atoms with van der Waals surface area (Å²) in [5, 5.41) is 24.0. The summed E-state index contributed by atoms with van der Waals surface area (Å²) in [6.07, 6.45) is 3.83. The van der Waals surface area contributed by atoms with E-state index in [9.17, 15) is 24.6 Å². The lowest BCUT2D eigenvalue weighted by atomic mass is 10.1. The zero-order valence-electron chi connectivity index (χ0n) is 16.9. The van der Waals surface area contributed by atoms with Gasteiger partial charge in [0.25, 0.3) is 0 Å². The Hall–Kier alpha value is -3.56. The lowest BCUT2D eigenvalue weighted by molar-refractivity contribution is -0.141. The fraction of sp³-hybridized carbons (Fsp3) is 0.400. The van der Waals surface area contributed by atoms with Gasteiger partial charge in [-0.1, -0.05) is 6.07 Å². The van der Waals surface area contributed by atoms with Crippen LogP contribution in [0.3, 0.4) is 0 Å². The summed E-state index contributed by atoms with van der Waals surface area (Å²) in [5.74, 6) is -1.48. The molecule has 0 fully saturated rings. The first-order valence-corrected chi connectivity index (χ1v) is 9.40. The van der Waals surface area contributed by atoms with Crippen molar-refractivity contribution in [1.82, 2.24) is 20.2 Å². The van der Waals surface area contributed by atoms with Crippen molar-refractivity contribution < 1.29 is 29.3 Å². The third kappa shape index (κ3) is 6.80. The van der Waals surface area contributed by atoms with Crippen LogP contribution < -0.4 is 15.4 Å². The van der Waals surface area contributed by atoms with Crippen molar-refractivity contribution in [2.75, 3.05) is 13.7 Å². The molecule has 10 nitrogen and oxygen atoms in total. The number of imidazole rings is 1. The second kappa shape index (κ2) is 10.8. The first kappa shape index (κ1) is 22.7. The Balaban J connectivity index is 1.73. The van der Waals surface area contributed by atoms with Crippen LogP contribution in [0.25, 0.3) is 0 Å². The van der Waals surface area contributed by atoms with E-state index in [1.54, 1.807) is 36.3 Å². The van der Waals surface area contributed by atoms with Crippen LogP contribution >= 0.6 is 0 Å². The van der Waals surface area contributed by atoms with Crippen LogP contribution in [0.2, 0.25) is 0 Å². The Bertz CT molecular complexity index is 895. The highest BCUT2D eigenvalue weighted by Gasteiger charge is 2.21. The minimum absolute atomic E-state index is 0.0276. The van der Waals surface area contributed by atoms with Crippen LogP contribution in [0, 0.1) is 0 Å². The molecule has 0 saturated heterocycles. The van der Waals surface area contributed by atoms with E-state index in [0.717, 1.165) is 5.56 Å². The number of carbonyl (C=O) groups excluding carboxylic acids is 2. The number of hydrogen-bond acceptors (Lipinski definition) is 6. The van der Waals surface area contributed by atoms with Crippen LogP contribution in [-0.2, 0) is 34.3 Å². The third-order valence-electron chi connectivity index (χ3n) is 4.52. The van der Waals surface area contributed by atoms with E-state index >= 15 is 0 Å². The van der Waals surface area contributed by atoms with Gasteiger partial charge in [0, 0.05) is 44.7 Å². The normalized spacial score (nSPS) is 11.5. The lowest BCUT2D eigenvalue weighted by Crippen LogP contribution is -2.43. The first-order chi connectivity index (χ1) is 14.3. The molecule has 0 aliphatic rings. The van der Waals surface area contributed by atoms with Crippen LogP contribution in [0.5, 0.6) is 11.5 Å². The Kier molecular flexibility index (Phi) is 8.21. The fourth-order valence-electron chi connectivity index (χ4n) is 2.80. The van der Waals surface area contributed by atoms with Crippen molar-refractivity contribution in [3.63, 3.8) is 0 Å². The fourth-order valence-corrected chi connectivity index (χ4v) is 2.80. The van der Waals surface area contributed by atoms with Crippen molar-refractivity contribution in [1.29, 1.82) is 0 Å². The molecule has 1 unspecified atom stereocenters. The molecule has 1 aromatic carbocycles. The number of rotatable bonds is 11. The average Bonchev–Trinajstić information content (AvgIpc) is 3.11. The van der Waals surface area contributed by atoms with E-state index in [0.29, 0.717) is 17.9 Å². The Morgan fingerprint density at radius 1 is 1.23 bits per heavy atom. The summed E-state index contributed by atoms with van der Waals surface area (Å²) in [4.78, 5) is 39.3. The van der Waals surface area contributed by atoms with E-state index in [4.69, 9.17) is 4.74 Å². The Morgan fingerprint density at radius 3 is 2.63 bits per heavy atom. The number of nitrogens with zero attached hydrogens (tertiary/aromatic N) is 2. The number of carboxylic acids is 1. The summed E-state index contributed by atoms with van der Waals surface area (Å²) in [7, 11) is 3.19. The van der Waals surface area contributed by atoms with Crippen LogP contribution in [-0.4, -0.2) is 57.2 Å². The van der Waals surface area contributed by atoms with Crippen LogP contribution in [0.1, 0.15) is 24.1 Å². The number of aliphatic carboxylic acids is 1. The van der Waals surface area contributed by atoms with Gasteiger partial charge in [-0.2, -0.15) is 0 Å². The van der Waals surface area contributed by atoms with Gasteiger partial charge in [-0.3, -0.25) is 9.59 Å². The molecule has 162 valence electrons. The molecule has 0 radical (unpaired) electrons. The summed E-state index contributed by atoms with van der Waals surface area (Å²) in [5.41, 5.74) is 1.51. The molecular formula is C20H26N4O6. The molecule has 0 saturated carbocycles. The second-order valence-electron chi connectivity index (χ2n) is 6.76. The number of aromatic hydroxyl groups is 1. The van der Waals surface area contributed by atoms with Crippen LogP contribution in [0.4, 0.5) is 0 Å². The summed E-state index contributed by atoms with van der Waals surface area (Å²) in [6, 6.07) is 3.78. The van der Waals surface area contributed by atoms with Gasteiger partial charge in [-0.25, -0.2) is 9.78 Å². The maximum absolute atomic E-state index is 12.0. The number of aromatic nitrogens is 2. The Labute approximate surface area is 173 Å². The number of carboxylic acid groups (broad SMARTS) is 1. The molecule has 2 rings (SSSR count). The summed E-state index contributed by atoms with van der Waals surface area (Å²) >= 11 is 0. The maximum atomic E-state index is 12.0. The number of hydrogen-bond donors (Lipinski definition) is 4. The molecule has 10 heteroatoms. The smallest absolute Gasteiger partial charge is 0.326 e. The third-order valence-corrected chi connectivity index (χ3v) is 4.52. The van der Waals surface area contributed by atoms with E-state index in [1.165, 1.54) is 13.2 Å². The molecule has 1 atom stereocenters. The van der Waals surface area contributed by atoms with Gasteiger partial charge in [-0.15, -0.1) is 0 Å². The quantitative estimate of drug-likeness (QED) is 0.413. The molecule has 0 aliphatic heterocycles. The minimum Gasteiger partial charge on any atom is -0.504 e. The summed E-state index contributed by atoms with van der Waals surface area (Å²) in [6.45, 7) is 0.0988. The molecule has 1 aromatic heterocycles. The van der Waals surface area contributed by atoms with Gasteiger partial charge in [-0.05, 0) is 24.1 Å². The zero-order chi connectivity index (χ0) is 22.1.